The van der Waals surface area contributed by atoms with Gasteiger partial charge in [-0.1, -0.05) is 13.8 Å². The highest BCUT2D eigenvalue weighted by molar-refractivity contribution is 7.89. The molecule has 0 saturated carbocycles. The highest BCUT2D eigenvalue weighted by Crippen LogP contribution is 2.27. The molecule has 9 heteroatoms. The minimum atomic E-state index is -3.94. The van der Waals surface area contributed by atoms with E-state index in [4.69, 9.17) is 5.84 Å². The standard InChI is InChI=1S/C12H20N4O4S/c1-4-12(3,5-2)15-21(19,20)11-8-9(16(17)18)6-7-10(11)14-13/h6-8,14-15H,4-5,13H2,1-3H3. The Hall–Kier alpha value is -1.71. The molecule has 4 N–H and O–H groups in total. The molecule has 0 radical (unpaired) electrons. The number of nitrogen functional groups attached to an aromatic ring is 1. The number of nitro benzene ring substituents is 1. The molecule has 0 saturated heterocycles. The van der Waals surface area contributed by atoms with E-state index in [0.717, 1.165) is 6.07 Å². The van der Waals surface area contributed by atoms with Crippen molar-refractivity contribution < 1.29 is 13.3 Å². The average molecular weight is 316 g/mol. The van der Waals surface area contributed by atoms with E-state index in [1.807, 2.05) is 13.8 Å². The Morgan fingerprint density at radius 3 is 2.33 bits per heavy atom. The van der Waals surface area contributed by atoms with Gasteiger partial charge in [0.25, 0.3) is 5.69 Å². The summed E-state index contributed by atoms with van der Waals surface area (Å²) in [6.45, 7) is 5.50. The van der Waals surface area contributed by atoms with Crippen LogP contribution in [0, 0.1) is 10.1 Å². The largest absolute Gasteiger partial charge is 0.323 e. The molecule has 0 amide bonds. The first-order chi connectivity index (χ1) is 9.69. The summed E-state index contributed by atoms with van der Waals surface area (Å²) in [5.41, 5.74) is 1.40. The molecule has 1 rings (SSSR count). The monoisotopic (exact) mass is 316 g/mol. The first-order valence-corrected chi connectivity index (χ1v) is 7.96. The quantitative estimate of drug-likeness (QED) is 0.399. The number of benzene rings is 1. The lowest BCUT2D eigenvalue weighted by atomic mass is 9.98. The number of nitrogens with zero attached hydrogens (tertiary/aromatic N) is 1. The van der Waals surface area contributed by atoms with E-state index in [9.17, 15) is 18.5 Å². The topological polar surface area (TPSA) is 127 Å². The number of non-ortho nitro benzene ring substituents is 1. The van der Waals surface area contributed by atoms with E-state index in [-0.39, 0.29) is 16.3 Å². The molecule has 1 aromatic rings. The number of nitrogens with two attached hydrogens (primary N) is 1. The molecule has 0 atom stereocenters. The van der Waals surface area contributed by atoms with Crippen LogP contribution in [-0.4, -0.2) is 18.9 Å². The molecule has 0 aliphatic heterocycles. The Kier molecular flexibility index (Phi) is 5.26. The molecule has 0 heterocycles. The van der Waals surface area contributed by atoms with E-state index in [1.54, 1.807) is 6.92 Å². The van der Waals surface area contributed by atoms with Crippen molar-refractivity contribution in [1.82, 2.24) is 4.72 Å². The molecule has 0 bridgehead atoms. The summed E-state index contributed by atoms with van der Waals surface area (Å²) in [6.07, 6.45) is 1.17. The van der Waals surface area contributed by atoms with Crippen LogP contribution >= 0.6 is 0 Å². The summed E-state index contributed by atoms with van der Waals surface area (Å²) < 4.78 is 27.6. The van der Waals surface area contributed by atoms with Crippen molar-refractivity contribution in [1.29, 1.82) is 0 Å². The molecule has 1 aromatic carbocycles. The Morgan fingerprint density at radius 2 is 1.90 bits per heavy atom. The van der Waals surface area contributed by atoms with Crippen LogP contribution in [0.4, 0.5) is 11.4 Å². The van der Waals surface area contributed by atoms with Crippen molar-refractivity contribution in [3.63, 3.8) is 0 Å². The molecule has 0 fully saturated rings. The third-order valence-electron chi connectivity index (χ3n) is 3.56. The number of hydrogen-bond acceptors (Lipinski definition) is 6. The van der Waals surface area contributed by atoms with Gasteiger partial charge in [-0.05, 0) is 25.8 Å². The smallest absolute Gasteiger partial charge is 0.270 e. The number of nitrogens with one attached hydrogen (secondary N) is 2. The van der Waals surface area contributed by atoms with Crippen molar-refractivity contribution in [2.75, 3.05) is 5.43 Å². The Bertz CT molecular complexity index is 626. The van der Waals surface area contributed by atoms with Gasteiger partial charge in [-0.2, -0.15) is 0 Å². The third kappa shape index (κ3) is 3.90. The Labute approximate surface area is 123 Å². The SMILES string of the molecule is CCC(C)(CC)NS(=O)(=O)c1cc([N+](=O)[O-])ccc1NN. The maximum atomic E-state index is 12.5. The molecular weight excluding hydrogens is 296 g/mol. The van der Waals surface area contributed by atoms with Gasteiger partial charge in [-0.15, -0.1) is 0 Å². The molecule has 0 unspecified atom stereocenters. The van der Waals surface area contributed by atoms with E-state index >= 15 is 0 Å². The number of rotatable bonds is 7. The zero-order valence-electron chi connectivity index (χ0n) is 12.2. The highest BCUT2D eigenvalue weighted by Gasteiger charge is 2.30. The summed E-state index contributed by atoms with van der Waals surface area (Å²) in [5.74, 6) is 5.29. The zero-order valence-corrected chi connectivity index (χ0v) is 13.0. The van der Waals surface area contributed by atoms with Crippen LogP contribution in [0.3, 0.4) is 0 Å². The van der Waals surface area contributed by atoms with Gasteiger partial charge in [0.2, 0.25) is 10.0 Å². The summed E-state index contributed by atoms with van der Waals surface area (Å²) in [6, 6.07) is 3.44. The first-order valence-electron chi connectivity index (χ1n) is 6.48. The van der Waals surface area contributed by atoms with Crippen molar-refractivity contribution >= 4 is 21.4 Å². The van der Waals surface area contributed by atoms with E-state index < -0.39 is 20.5 Å². The number of hydrazine groups is 1. The molecule has 21 heavy (non-hydrogen) atoms. The lowest BCUT2D eigenvalue weighted by molar-refractivity contribution is -0.385. The zero-order chi connectivity index (χ0) is 16.3. The minimum Gasteiger partial charge on any atom is -0.323 e. The Morgan fingerprint density at radius 1 is 1.33 bits per heavy atom. The van der Waals surface area contributed by atoms with Crippen molar-refractivity contribution in [2.45, 2.75) is 44.0 Å². The molecule has 8 nitrogen and oxygen atoms in total. The number of sulfonamides is 1. The van der Waals surface area contributed by atoms with Crippen LogP contribution in [0.1, 0.15) is 33.6 Å². The Balaban J connectivity index is 3.36. The van der Waals surface area contributed by atoms with E-state index in [1.165, 1.54) is 12.1 Å². The summed E-state index contributed by atoms with van der Waals surface area (Å²) in [7, 11) is -3.94. The van der Waals surface area contributed by atoms with Gasteiger partial charge in [0.1, 0.15) is 4.90 Å². The van der Waals surface area contributed by atoms with Gasteiger partial charge in [0.05, 0.1) is 10.6 Å². The van der Waals surface area contributed by atoms with Gasteiger partial charge < -0.3 is 5.43 Å². The van der Waals surface area contributed by atoms with Gasteiger partial charge in [-0.3, -0.25) is 16.0 Å². The predicted molar refractivity (Wildman–Crippen MR) is 80.2 cm³/mol. The molecule has 0 aliphatic carbocycles. The van der Waals surface area contributed by atoms with Gasteiger partial charge in [0.15, 0.2) is 0 Å². The number of nitro groups is 1. The van der Waals surface area contributed by atoms with Crippen LogP contribution in [-0.2, 0) is 10.0 Å². The fourth-order valence-corrected chi connectivity index (χ4v) is 3.48. The second-order valence-electron chi connectivity index (χ2n) is 4.96. The molecule has 0 aliphatic rings. The van der Waals surface area contributed by atoms with Crippen LogP contribution < -0.4 is 16.0 Å². The first kappa shape index (κ1) is 17.3. The molecule has 0 aromatic heterocycles. The van der Waals surface area contributed by atoms with Gasteiger partial charge in [-0.25, -0.2) is 13.1 Å². The second kappa shape index (κ2) is 6.37. The summed E-state index contributed by atoms with van der Waals surface area (Å²) in [5, 5.41) is 10.8. The predicted octanol–water partition coefficient (Wildman–Crippen LogP) is 1.74. The normalized spacial score (nSPS) is 12.2. The van der Waals surface area contributed by atoms with Gasteiger partial charge >= 0.3 is 0 Å². The highest BCUT2D eigenvalue weighted by atomic mass is 32.2. The number of anilines is 1. The second-order valence-corrected chi connectivity index (χ2v) is 6.61. The van der Waals surface area contributed by atoms with Crippen LogP contribution in [0.2, 0.25) is 0 Å². The third-order valence-corrected chi connectivity index (χ3v) is 5.24. The van der Waals surface area contributed by atoms with Crippen molar-refractivity contribution in [3.05, 3.63) is 28.3 Å². The number of hydrogen-bond donors (Lipinski definition) is 3. The lowest BCUT2D eigenvalue weighted by Gasteiger charge is -2.28. The van der Waals surface area contributed by atoms with Gasteiger partial charge in [0, 0.05) is 17.7 Å². The van der Waals surface area contributed by atoms with Crippen LogP contribution in [0.25, 0.3) is 0 Å². The fourth-order valence-electron chi connectivity index (χ4n) is 1.74. The average Bonchev–Trinajstić information content (AvgIpc) is 2.45. The maximum absolute atomic E-state index is 12.5. The molecule has 118 valence electrons. The van der Waals surface area contributed by atoms with E-state index in [0.29, 0.717) is 12.8 Å². The fraction of sp³-hybridized carbons (Fsp3) is 0.500. The summed E-state index contributed by atoms with van der Waals surface area (Å²) >= 11 is 0. The maximum Gasteiger partial charge on any atom is 0.270 e. The van der Waals surface area contributed by atoms with Crippen LogP contribution in [0.15, 0.2) is 23.1 Å². The summed E-state index contributed by atoms with van der Waals surface area (Å²) in [4.78, 5) is 9.92. The lowest BCUT2D eigenvalue weighted by Crippen LogP contribution is -2.45. The van der Waals surface area contributed by atoms with Crippen LogP contribution in [0.5, 0.6) is 0 Å². The minimum absolute atomic E-state index is 0.0997. The molecule has 0 spiro atoms. The molecular formula is C12H20N4O4S. The van der Waals surface area contributed by atoms with Crippen molar-refractivity contribution in [3.8, 4) is 0 Å². The van der Waals surface area contributed by atoms with Crippen molar-refractivity contribution in [2.24, 2.45) is 5.84 Å². The van der Waals surface area contributed by atoms with E-state index in [2.05, 4.69) is 10.1 Å².